The summed E-state index contributed by atoms with van der Waals surface area (Å²) in [5.41, 5.74) is 15.9. The molecule has 0 N–H and O–H groups in total. The van der Waals surface area contributed by atoms with E-state index >= 15 is 0 Å². The highest BCUT2D eigenvalue weighted by molar-refractivity contribution is 5.93. The molecule has 2 heterocycles. The zero-order valence-corrected chi connectivity index (χ0v) is 35.9. The zero-order valence-electron chi connectivity index (χ0n) is 35.9. The Kier molecular flexibility index (Phi) is 9.18. The largest absolute Gasteiger partial charge is 0.336 e. The fourth-order valence-corrected chi connectivity index (χ4v) is 11.4. The van der Waals surface area contributed by atoms with Gasteiger partial charge < -0.3 is 4.90 Å². The van der Waals surface area contributed by atoms with Crippen LogP contribution >= 0.6 is 0 Å². The van der Waals surface area contributed by atoms with Crippen LogP contribution in [0.1, 0.15) is 100 Å². The van der Waals surface area contributed by atoms with Crippen molar-refractivity contribution >= 4 is 28.0 Å². The third-order valence-electron chi connectivity index (χ3n) is 14.6. The van der Waals surface area contributed by atoms with Crippen molar-refractivity contribution in [3.63, 3.8) is 0 Å². The van der Waals surface area contributed by atoms with Crippen LogP contribution in [-0.4, -0.2) is 21.0 Å². The first-order valence-corrected chi connectivity index (χ1v) is 22.5. The van der Waals surface area contributed by atoms with Gasteiger partial charge in [-0.1, -0.05) is 179 Å². The third-order valence-corrected chi connectivity index (χ3v) is 14.6. The Hall–Kier alpha value is -6.13. The molecule has 5 aromatic rings. The Morgan fingerprint density at radius 2 is 1.34 bits per heavy atom. The summed E-state index contributed by atoms with van der Waals surface area (Å²) in [7, 11) is 0. The van der Waals surface area contributed by atoms with Crippen molar-refractivity contribution in [3.8, 4) is 11.4 Å². The second-order valence-corrected chi connectivity index (χ2v) is 19.4. The summed E-state index contributed by atoms with van der Waals surface area (Å²) >= 11 is 0. The normalized spacial score (nSPS) is 24.6. The number of rotatable bonds is 6. The highest BCUT2D eigenvalue weighted by Gasteiger charge is 2.54. The molecule has 0 radical (unpaired) electrons. The van der Waals surface area contributed by atoms with Crippen LogP contribution in [-0.2, 0) is 0 Å². The number of fused-ring (bicyclic) bond motifs is 6. The van der Waals surface area contributed by atoms with Gasteiger partial charge in [-0.05, 0) is 101 Å². The summed E-state index contributed by atoms with van der Waals surface area (Å²) in [6.45, 7) is 9.99. The number of anilines is 1. The molecule has 302 valence electrons. The fraction of sp³-hybridized carbons (Fsp3) is 0.281. The molecule has 1 saturated carbocycles. The summed E-state index contributed by atoms with van der Waals surface area (Å²) in [4.78, 5) is 19.1. The van der Waals surface area contributed by atoms with Crippen LogP contribution in [0.3, 0.4) is 0 Å². The van der Waals surface area contributed by atoms with Crippen molar-refractivity contribution in [1.82, 2.24) is 15.0 Å². The summed E-state index contributed by atoms with van der Waals surface area (Å²) in [5, 5.41) is 0. The minimum absolute atomic E-state index is 0.0440. The average Bonchev–Trinajstić information content (AvgIpc) is 3.65. The zero-order chi connectivity index (χ0) is 41.3. The van der Waals surface area contributed by atoms with Gasteiger partial charge in [-0.25, -0.2) is 15.0 Å². The Labute approximate surface area is 361 Å². The molecule has 4 atom stereocenters. The standard InChI is InChI=1S/C57H54N4/c1-56(2)30-31-57(3,4)51-49(56)29-28-47-46-26-16-17-27-50(46)61(52(47)51)44-35-40-24-14-15-25-45(40)48(36-44)55-59-53(39-22-12-7-13-23-39)58-54(60-55)43-33-41(37-18-8-5-9-19-37)32-42(34-43)38-20-10-6-11-21-38/h5-13,15-23,25-29,32-33,36,40,43,51-52H,14,24,30-31,34-35H2,1-4H3. The van der Waals surface area contributed by atoms with E-state index < -0.39 is 0 Å². The van der Waals surface area contributed by atoms with E-state index in [-0.39, 0.29) is 22.8 Å². The van der Waals surface area contributed by atoms with E-state index in [2.05, 4.69) is 190 Å². The van der Waals surface area contributed by atoms with E-state index in [4.69, 9.17) is 15.0 Å². The lowest BCUT2D eigenvalue weighted by molar-refractivity contribution is 0.115. The maximum atomic E-state index is 5.58. The molecule has 1 aromatic heterocycles. The van der Waals surface area contributed by atoms with Crippen molar-refractivity contribution < 1.29 is 0 Å². The first kappa shape index (κ1) is 37.8. The van der Waals surface area contributed by atoms with Gasteiger partial charge in [-0.2, -0.15) is 0 Å². The summed E-state index contributed by atoms with van der Waals surface area (Å²) in [5.74, 6) is 3.04. The van der Waals surface area contributed by atoms with Crippen LogP contribution in [0.2, 0.25) is 0 Å². The molecule has 0 saturated heterocycles. The smallest absolute Gasteiger partial charge is 0.164 e. The van der Waals surface area contributed by atoms with Crippen LogP contribution in [0.5, 0.6) is 0 Å². The Bertz CT molecular complexity index is 2760. The van der Waals surface area contributed by atoms with Crippen molar-refractivity contribution in [1.29, 1.82) is 0 Å². The number of benzene rings is 4. The number of para-hydroxylation sites is 1. The summed E-state index contributed by atoms with van der Waals surface area (Å²) < 4.78 is 0. The van der Waals surface area contributed by atoms with Gasteiger partial charge in [0.2, 0.25) is 0 Å². The maximum Gasteiger partial charge on any atom is 0.164 e. The van der Waals surface area contributed by atoms with Crippen LogP contribution in [0.4, 0.5) is 5.69 Å². The van der Waals surface area contributed by atoms with Gasteiger partial charge in [0.1, 0.15) is 5.82 Å². The molecule has 1 fully saturated rings. The van der Waals surface area contributed by atoms with Gasteiger partial charge in [0, 0.05) is 39.9 Å². The van der Waals surface area contributed by atoms with E-state index in [1.54, 1.807) is 5.57 Å². The van der Waals surface area contributed by atoms with Gasteiger partial charge in [-0.3, -0.25) is 0 Å². The number of nitrogens with zero attached hydrogens (tertiary/aromatic N) is 4. The monoisotopic (exact) mass is 794 g/mol. The van der Waals surface area contributed by atoms with Crippen LogP contribution in [0.15, 0.2) is 175 Å². The molecular formula is C57H54N4. The number of hydrogen-bond donors (Lipinski definition) is 0. The quantitative estimate of drug-likeness (QED) is 0.172. The second-order valence-electron chi connectivity index (χ2n) is 19.4. The average molecular weight is 795 g/mol. The molecule has 61 heavy (non-hydrogen) atoms. The SMILES string of the molecule is CC1(C)CCC(C)(C)C2C1=CC=C1c3ccccc3N(C3=CC(c4nc(-c5ccccc5)nc(C5C=C(c6ccccc6)C=C(c6ccccc6)C5)n4)=C4C=CCCC4C3)C12. The van der Waals surface area contributed by atoms with Gasteiger partial charge in [0.05, 0.1) is 6.04 Å². The van der Waals surface area contributed by atoms with Crippen molar-refractivity contribution in [2.24, 2.45) is 22.7 Å². The fourth-order valence-electron chi connectivity index (χ4n) is 11.4. The van der Waals surface area contributed by atoms with E-state index in [1.165, 1.54) is 63.2 Å². The molecule has 1 aliphatic heterocycles. The van der Waals surface area contributed by atoms with Gasteiger partial charge in [0.25, 0.3) is 0 Å². The molecule has 0 spiro atoms. The first-order chi connectivity index (χ1) is 29.7. The molecule has 0 amide bonds. The summed E-state index contributed by atoms with van der Waals surface area (Å²) in [6.07, 6.45) is 23.4. The van der Waals surface area contributed by atoms with Crippen LogP contribution in [0, 0.1) is 22.7 Å². The van der Waals surface area contributed by atoms with Gasteiger partial charge in [-0.15, -0.1) is 0 Å². The van der Waals surface area contributed by atoms with Crippen molar-refractivity contribution in [3.05, 3.63) is 203 Å². The third kappa shape index (κ3) is 6.63. The molecular weight excluding hydrogens is 741 g/mol. The lowest BCUT2D eigenvalue weighted by Crippen LogP contribution is -2.51. The Morgan fingerprint density at radius 3 is 2.11 bits per heavy atom. The molecule has 4 heteroatoms. The predicted molar refractivity (Wildman–Crippen MR) is 252 cm³/mol. The minimum Gasteiger partial charge on any atom is -0.336 e. The Balaban J connectivity index is 1.08. The van der Waals surface area contributed by atoms with Gasteiger partial charge >= 0.3 is 0 Å². The predicted octanol–water partition coefficient (Wildman–Crippen LogP) is 13.9. The molecule has 0 bridgehead atoms. The maximum absolute atomic E-state index is 5.58. The highest BCUT2D eigenvalue weighted by atomic mass is 15.2. The lowest BCUT2D eigenvalue weighted by Gasteiger charge is -2.54. The Morgan fingerprint density at radius 1 is 0.656 bits per heavy atom. The summed E-state index contributed by atoms with van der Waals surface area (Å²) in [6, 6.07) is 41.4. The topological polar surface area (TPSA) is 41.9 Å². The molecule has 4 nitrogen and oxygen atoms in total. The molecule has 11 rings (SSSR count). The van der Waals surface area contributed by atoms with E-state index in [9.17, 15) is 0 Å². The lowest BCUT2D eigenvalue weighted by atomic mass is 9.53. The van der Waals surface area contributed by atoms with Crippen LogP contribution < -0.4 is 4.90 Å². The second kappa shape index (κ2) is 14.8. The molecule has 5 aliphatic carbocycles. The minimum atomic E-state index is -0.0440. The van der Waals surface area contributed by atoms with Crippen molar-refractivity contribution in [2.45, 2.75) is 78.2 Å². The molecule has 6 aliphatic rings. The van der Waals surface area contributed by atoms with Gasteiger partial charge in [0.15, 0.2) is 11.6 Å². The van der Waals surface area contributed by atoms with E-state index in [0.717, 1.165) is 54.3 Å². The van der Waals surface area contributed by atoms with Crippen LogP contribution in [0.25, 0.3) is 33.7 Å². The van der Waals surface area contributed by atoms with Crippen molar-refractivity contribution in [2.75, 3.05) is 4.90 Å². The van der Waals surface area contributed by atoms with E-state index in [0.29, 0.717) is 11.8 Å². The number of hydrogen-bond acceptors (Lipinski definition) is 4. The number of allylic oxidation sites excluding steroid dienone is 12. The number of aromatic nitrogens is 3. The van der Waals surface area contributed by atoms with E-state index in [1.807, 2.05) is 0 Å². The highest BCUT2D eigenvalue weighted by Crippen LogP contribution is 2.61. The first-order valence-electron chi connectivity index (χ1n) is 22.5. The molecule has 4 unspecified atom stereocenters. The molecule has 4 aromatic carbocycles.